The van der Waals surface area contributed by atoms with E-state index in [2.05, 4.69) is 4.98 Å². The van der Waals surface area contributed by atoms with Crippen LogP contribution in [0.25, 0.3) is 0 Å². The number of benzene rings is 1. The molecular weight excluding hydrogens is 353 g/mol. The van der Waals surface area contributed by atoms with Gasteiger partial charge >= 0.3 is 0 Å². The van der Waals surface area contributed by atoms with Gasteiger partial charge in [0.15, 0.2) is 12.1 Å². The summed E-state index contributed by atoms with van der Waals surface area (Å²) < 4.78 is 24.1. The van der Waals surface area contributed by atoms with Crippen molar-refractivity contribution in [3.05, 3.63) is 48.4 Å². The molecule has 2 aromatic rings. The zero-order valence-corrected chi connectivity index (χ0v) is 14.8. The van der Waals surface area contributed by atoms with Crippen molar-refractivity contribution in [2.24, 2.45) is 0 Å². The topological polar surface area (TPSA) is 75.9 Å². The molecule has 1 aromatic heterocycles. The van der Waals surface area contributed by atoms with Gasteiger partial charge in [0.25, 0.3) is 11.8 Å². The maximum atomic E-state index is 13.2. The highest BCUT2D eigenvalue weighted by Gasteiger charge is 2.42. The first-order chi connectivity index (χ1) is 13.1. The highest BCUT2D eigenvalue weighted by Crippen LogP contribution is 2.33. The number of oxazole rings is 1. The van der Waals surface area contributed by atoms with Crippen LogP contribution in [0.1, 0.15) is 29.8 Å². The number of morpholine rings is 1. The standard InChI is InChI=1S/C19H20FN3O4/c20-14-2-4-15(5-3-14)23-12-19(27-11-17(23)24)6-1-8-22(9-7-19)18(25)16-10-26-13-21-16/h2-5,10,13H,1,6-9,11-12H2. The number of amides is 2. The molecule has 2 amide bonds. The number of anilines is 1. The summed E-state index contributed by atoms with van der Waals surface area (Å²) in [6.07, 6.45) is 4.69. The number of halogens is 1. The molecule has 2 saturated heterocycles. The zero-order valence-electron chi connectivity index (χ0n) is 14.8. The summed E-state index contributed by atoms with van der Waals surface area (Å²) in [5.41, 5.74) is 0.434. The van der Waals surface area contributed by atoms with Crippen LogP contribution in [0.3, 0.4) is 0 Å². The Labute approximate surface area is 155 Å². The number of carbonyl (C=O) groups excluding carboxylic acids is 2. The Morgan fingerprint density at radius 3 is 2.74 bits per heavy atom. The van der Waals surface area contributed by atoms with Crippen molar-refractivity contribution in [2.75, 3.05) is 31.1 Å². The first kappa shape index (κ1) is 17.7. The molecule has 2 fully saturated rings. The minimum Gasteiger partial charge on any atom is -0.451 e. The van der Waals surface area contributed by atoms with Gasteiger partial charge in [0, 0.05) is 18.8 Å². The van der Waals surface area contributed by atoms with E-state index >= 15 is 0 Å². The fraction of sp³-hybridized carbons (Fsp3) is 0.421. The number of hydrogen-bond acceptors (Lipinski definition) is 5. The predicted molar refractivity (Wildman–Crippen MR) is 93.7 cm³/mol. The Morgan fingerprint density at radius 2 is 2.00 bits per heavy atom. The van der Waals surface area contributed by atoms with Crippen LogP contribution in [0.5, 0.6) is 0 Å². The third-order valence-electron chi connectivity index (χ3n) is 5.22. The molecule has 27 heavy (non-hydrogen) atoms. The lowest BCUT2D eigenvalue weighted by atomic mass is 9.92. The van der Waals surface area contributed by atoms with Crippen LogP contribution in [0.4, 0.5) is 10.1 Å². The van der Waals surface area contributed by atoms with Crippen molar-refractivity contribution in [3.63, 3.8) is 0 Å². The lowest BCUT2D eigenvalue weighted by molar-refractivity contribution is -0.140. The van der Waals surface area contributed by atoms with Crippen molar-refractivity contribution >= 4 is 17.5 Å². The maximum absolute atomic E-state index is 13.2. The average molecular weight is 373 g/mol. The van der Waals surface area contributed by atoms with Gasteiger partial charge in [-0.3, -0.25) is 9.59 Å². The fourth-order valence-electron chi connectivity index (χ4n) is 3.72. The predicted octanol–water partition coefficient (Wildman–Crippen LogP) is 2.24. The minimum absolute atomic E-state index is 0.0192. The molecule has 142 valence electrons. The molecule has 3 heterocycles. The second-order valence-electron chi connectivity index (χ2n) is 6.95. The molecule has 1 atom stereocenters. The van der Waals surface area contributed by atoms with E-state index in [4.69, 9.17) is 9.15 Å². The second kappa shape index (κ2) is 7.11. The number of ether oxygens (including phenoxy) is 1. The third kappa shape index (κ3) is 3.57. The molecule has 0 aliphatic carbocycles. The van der Waals surface area contributed by atoms with Gasteiger partial charge in [-0.1, -0.05) is 0 Å². The lowest BCUT2D eigenvalue weighted by Crippen LogP contribution is -2.55. The molecule has 0 saturated carbocycles. The number of carbonyl (C=O) groups is 2. The number of rotatable bonds is 2. The molecule has 1 unspecified atom stereocenters. The Balaban J connectivity index is 1.49. The van der Waals surface area contributed by atoms with Crippen LogP contribution in [0, 0.1) is 5.82 Å². The molecule has 1 aromatic carbocycles. The monoisotopic (exact) mass is 373 g/mol. The Morgan fingerprint density at radius 1 is 1.19 bits per heavy atom. The quantitative estimate of drug-likeness (QED) is 0.807. The molecule has 0 N–H and O–H groups in total. The first-order valence-electron chi connectivity index (χ1n) is 8.94. The minimum atomic E-state index is -0.513. The number of hydrogen-bond donors (Lipinski definition) is 0. The summed E-state index contributed by atoms with van der Waals surface area (Å²) in [6, 6.07) is 5.89. The van der Waals surface area contributed by atoms with Gasteiger partial charge in [0.2, 0.25) is 0 Å². The van der Waals surface area contributed by atoms with E-state index in [9.17, 15) is 14.0 Å². The Bertz CT molecular complexity index is 824. The number of aromatic nitrogens is 1. The molecule has 2 aliphatic heterocycles. The summed E-state index contributed by atoms with van der Waals surface area (Å²) in [7, 11) is 0. The van der Waals surface area contributed by atoms with Crippen molar-refractivity contribution in [1.29, 1.82) is 0 Å². The first-order valence-corrected chi connectivity index (χ1v) is 8.94. The normalized spacial score (nSPS) is 23.5. The number of likely N-dealkylation sites (tertiary alicyclic amines) is 1. The van der Waals surface area contributed by atoms with Crippen LogP contribution in [0.15, 0.2) is 41.3 Å². The molecule has 0 bridgehead atoms. The van der Waals surface area contributed by atoms with Crippen molar-refractivity contribution < 1.29 is 23.1 Å². The van der Waals surface area contributed by atoms with E-state index in [1.807, 2.05) is 0 Å². The van der Waals surface area contributed by atoms with Gasteiger partial charge in [-0.2, -0.15) is 0 Å². The Kier molecular flexibility index (Phi) is 4.65. The smallest absolute Gasteiger partial charge is 0.275 e. The van der Waals surface area contributed by atoms with Gasteiger partial charge in [-0.15, -0.1) is 0 Å². The van der Waals surface area contributed by atoms with E-state index in [-0.39, 0.29) is 24.2 Å². The average Bonchev–Trinajstić information content (AvgIpc) is 3.14. The summed E-state index contributed by atoms with van der Waals surface area (Å²) in [6.45, 7) is 1.48. The third-order valence-corrected chi connectivity index (χ3v) is 5.22. The van der Waals surface area contributed by atoms with Gasteiger partial charge < -0.3 is 19.0 Å². The van der Waals surface area contributed by atoms with Gasteiger partial charge in [0.1, 0.15) is 18.7 Å². The molecule has 8 heteroatoms. The van der Waals surface area contributed by atoms with Crippen LogP contribution < -0.4 is 4.90 Å². The molecule has 2 aliphatic rings. The van der Waals surface area contributed by atoms with Crippen molar-refractivity contribution in [1.82, 2.24) is 9.88 Å². The van der Waals surface area contributed by atoms with Crippen LogP contribution in [-0.4, -0.2) is 53.5 Å². The van der Waals surface area contributed by atoms with E-state index in [0.29, 0.717) is 37.4 Å². The van der Waals surface area contributed by atoms with Crippen LogP contribution in [0.2, 0.25) is 0 Å². The summed E-state index contributed by atoms with van der Waals surface area (Å²) >= 11 is 0. The van der Waals surface area contributed by atoms with E-state index in [1.54, 1.807) is 21.9 Å². The SMILES string of the molecule is O=C(c1cocn1)N1CCCC2(CC1)CN(c1ccc(F)cc1)C(=O)CO2. The maximum Gasteiger partial charge on any atom is 0.275 e. The lowest BCUT2D eigenvalue weighted by Gasteiger charge is -2.42. The van der Waals surface area contributed by atoms with E-state index in [0.717, 1.165) is 12.8 Å². The second-order valence-corrected chi connectivity index (χ2v) is 6.95. The van der Waals surface area contributed by atoms with Gasteiger partial charge in [-0.05, 0) is 43.5 Å². The highest BCUT2D eigenvalue weighted by molar-refractivity contribution is 5.95. The Hall–Kier alpha value is -2.74. The summed E-state index contributed by atoms with van der Waals surface area (Å²) in [4.78, 5) is 32.2. The van der Waals surface area contributed by atoms with Crippen molar-refractivity contribution in [2.45, 2.75) is 24.9 Å². The summed E-state index contributed by atoms with van der Waals surface area (Å²) in [5.74, 6) is -0.652. The summed E-state index contributed by atoms with van der Waals surface area (Å²) in [5, 5.41) is 0. The van der Waals surface area contributed by atoms with Gasteiger partial charge in [0.05, 0.1) is 12.1 Å². The zero-order chi connectivity index (χ0) is 18.9. The molecule has 4 rings (SSSR count). The largest absolute Gasteiger partial charge is 0.451 e. The molecule has 0 radical (unpaired) electrons. The highest BCUT2D eigenvalue weighted by atomic mass is 19.1. The number of nitrogens with zero attached hydrogens (tertiary/aromatic N) is 3. The van der Waals surface area contributed by atoms with Crippen LogP contribution in [-0.2, 0) is 9.53 Å². The molecule has 1 spiro atoms. The molecular formula is C19H20FN3O4. The van der Waals surface area contributed by atoms with E-state index < -0.39 is 5.60 Å². The fourth-order valence-corrected chi connectivity index (χ4v) is 3.72. The van der Waals surface area contributed by atoms with E-state index in [1.165, 1.54) is 24.8 Å². The van der Waals surface area contributed by atoms with Crippen molar-refractivity contribution in [3.8, 4) is 0 Å². The van der Waals surface area contributed by atoms with Gasteiger partial charge in [-0.25, -0.2) is 9.37 Å². The van der Waals surface area contributed by atoms with Crippen LogP contribution >= 0.6 is 0 Å². The molecule has 7 nitrogen and oxygen atoms in total.